The third-order valence-corrected chi connectivity index (χ3v) is 3.79. The van der Waals surface area contributed by atoms with E-state index in [2.05, 4.69) is 9.97 Å². The molecule has 6 N–H and O–H groups in total. The fourth-order valence-corrected chi connectivity index (χ4v) is 2.17. The van der Waals surface area contributed by atoms with E-state index >= 15 is 0 Å². The Labute approximate surface area is 133 Å². The van der Waals surface area contributed by atoms with E-state index in [1.165, 1.54) is 12.1 Å². The van der Waals surface area contributed by atoms with Crippen molar-refractivity contribution in [1.82, 2.24) is 9.97 Å². The van der Waals surface area contributed by atoms with Gasteiger partial charge in [-0.2, -0.15) is 0 Å². The van der Waals surface area contributed by atoms with Gasteiger partial charge in [-0.15, -0.1) is 0 Å². The summed E-state index contributed by atoms with van der Waals surface area (Å²) >= 11 is 11.7. The highest BCUT2D eigenvalue weighted by atomic mass is 35.5. The lowest BCUT2D eigenvalue weighted by molar-refractivity contribution is -0.163. The molecule has 0 saturated carbocycles. The van der Waals surface area contributed by atoms with Gasteiger partial charge in [0.25, 0.3) is 0 Å². The highest BCUT2D eigenvalue weighted by Gasteiger charge is 2.36. The Kier molecular flexibility index (Phi) is 4.90. The number of imidazole rings is 1. The van der Waals surface area contributed by atoms with Gasteiger partial charge in [0, 0.05) is 0 Å². The van der Waals surface area contributed by atoms with Crippen LogP contribution in [0.3, 0.4) is 0 Å². The van der Waals surface area contributed by atoms with E-state index in [0.29, 0.717) is 11.0 Å². The van der Waals surface area contributed by atoms with Crippen LogP contribution in [-0.4, -0.2) is 59.8 Å². The minimum absolute atomic E-state index is 0.141. The third-order valence-electron chi connectivity index (χ3n) is 3.07. The number of carbonyl (C=O) groups is 1. The maximum atomic E-state index is 10.6. The van der Waals surface area contributed by atoms with Gasteiger partial charge in [0.2, 0.25) is 0 Å². The van der Waals surface area contributed by atoms with Gasteiger partial charge in [-0.25, -0.2) is 9.78 Å². The van der Waals surface area contributed by atoms with Crippen molar-refractivity contribution in [3.05, 3.63) is 28.0 Å². The number of aliphatic carboxylic acids is 1. The Hall–Kier alpha value is -1.42. The van der Waals surface area contributed by atoms with Gasteiger partial charge in [-0.05, 0) is 12.1 Å². The normalized spacial score (nSPS) is 17.2. The van der Waals surface area contributed by atoms with Crippen molar-refractivity contribution in [2.24, 2.45) is 0 Å². The molecule has 0 radical (unpaired) electrons. The first-order valence-electron chi connectivity index (χ1n) is 6.02. The maximum Gasteiger partial charge on any atom is 0.335 e. The average Bonchev–Trinajstić information content (AvgIpc) is 2.87. The monoisotopic (exact) mass is 350 g/mol. The van der Waals surface area contributed by atoms with Gasteiger partial charge < -0.3 is 30.5 Å². The van der Waals surface area contributed by atoms with Crippen LogP contribution in [0.1, 0.15) is 11.9 Å². The average molecular weight is 351 g/mol. The number of aromatic amines is 1. The number of fused-ring (bicyclic) bond motifs is 1. The Morgan fingerprint density at radius 1 is 1.09 bits per heavy atom. The van der Waals surface area contributed by atoms with E-state index in [1.54, 1.807) is 0 Å². The van der Waals surface area contributed by atoms with Crippen molar-refractivity contribution in [2.45, 2.75) is 24.4 Å². The first kappa shape index (κ1) is 16.9. The molecule has 10 heteroatoms. The SMILES string of the molecule is O=C(O)C(O)[C@@H](O)C(O)C(O)c1nc2cc(Cl)c(Cl)cc2[nH]1. The molecule has 0 aliphatic carbocycles. The van der Waals surface area contributed by atoms with E-state index in [9.17, 15) is 25.2 Å². The van der Waals surface area contributed by atoms with Crippen LogP contribution in [0.15, 0.2) is 12.1 Å². The summed E-state index contributed by atoms with van der Waals surface area (Å²) in [7, 11) is 0. The first-order chi connectivity index (χ1) is 10.2. The Bertz CT molecular complexity index is 667. The molecular weight excluding hydrogens is 339 g/mol. The molecule has 1 heterocycles. The molecule has 0 aliphatic rings. The lowest BCUT2D eigenvalue weighted by Gasteiger charge is -2.23. The number of aromatic nitrogens is 2. The number of carboxylic acids is 1. The molecule has 0 bridgehead atoms. The molecule has 3 unspecified atom stereocenters. The molecule has 1 aromatic carbocycles. The van der Waals surface area contributed by atoms with E-state index in [0.717, 1.165) is 0 Å². The number of carboxylic acid groups (broad SMARTS) is 1. The smallest absolute Gasteiger partial charge is 0.335 e. The number of nitrogens with one attached hydrogen (secondary N) is 1. The molecule has 0 saturated heterocycles. The molecule has 1 aromatic heterocycles. The fourth-order valence-electron chi connectivity index (χ4n) is 1.85. The van der Waals surface area contributed by atoms with Gasteiger partial charge in [-0.3, -0.25) is 0 Å². The van der Waals surface area contributed by atoms with Gasteiger partial charge in [-0.1, -0.05) is 23.2 Å². The third kappa shape index (κ3) is 3.17. The number of hydrogen-bond acceptors (Lipinski definition) is 6. The summed E-state index contributed by atoms with van der Waals surface area (Å²) in [6.07, 6.45) is -8.09. The highest BCUT2D eigenvalue weighted by molar-refractivity contribution is 6.42. The summed E-state index contributed by atoms with van der Waals surface area (Å²) in [6.45, 7) is 0. The zero-order chi connectivity index (χ0) is 16.6. The first-order valence-corrected chi connectivity index (χ1v) is 6.77. The van der Waals surface area contributed by atoms with Gasteiger partial charge in [0.05, 0.1) is 21.1 Å². The fraction of sp³-hybridized carbons (Fsp3) is 0.333. The molecular formula is C12H12Cl2N2O6. The van der Waals surface area contributed by atoms with Crippen LogP contribution in [0.25, 0.3) is 11.0 Å². The molecule has 120 valence electrons. The standard InChI is InChI=1S/C12H12Cl2N2O6/c13-3-1-5-6(2-4(3)14)16-11(15-5)9(19)7(17)8(18)10(20)12(21)22/h1-2,7-10,17-20H,(H,15,16)(H,21,22)/t7?,8-,9?,10?/m0/s1. The van der Waals surface area contributed by atoms with Gasteiger partial charge in [0.1, 0.15) is 24.1 Å². The summed E-state index contributed by atoms with van der Waals surface area (Å²) in [5.41, 5.74) is 0.771. The molecule has 2 rings (SSSR count). The van der Waals surface area contributed by atoms with E-state index in [4.69, 9.17) is 28.3 Å². The lowest BCUT2D eigenvalue weighted by Crippen LogP contribution is -2.45. The number of aliphatic hydroxyl groups is 4. The molecule has 0 amide bonds. The second kappa shape index (κ2) is 6.37. The quantitative estimate of drug-likeness (QED) is 0.447. The lowest BCUT2D eigenvalue weighted by atomic mass is 10.0. The second-order valence-electron chi connectivity index (χ2n) is 4.61. The van der Waals surface area contributed by atoms with Crippen LogP contribution in [0.2, 0.25) is 10.0 Å². The minimum atomic E-state index is -2.25. The largest absolute Gasteiger partial charge is 0.479 e. The number of H-pyrrole nitrogens is 1. The van der Waals surface area contributed by atoms with Crippen molar-refractivity contribution >= 4 is 40.2 Å². The molecule has 8 nitrogen and oxygen atoms in total. The van der Waals surface area contributed by atoms with Crippen LogP contribution < -0.4 is 0 Å². The number of aliphatic hydroxyl groups excluding tert-OH is 4. The molecule has 0 aliphatic heterocycles. The maximum absolute atomic E-state index is 10.6. The summed E-state index contributed by atoms with van der Waals surface area (Å²) in [6, 6.07) is 2.89. The van der Waals surface area contributed by atoms with Crippen molar-refractivity contribution in [3.8, 4) is 0 Å². The summed E-state index contributed by atoms with van der Waals surface area (Å²) < 4.78 is 0. The number of rotatable bonds is 5. The summed E-state index contributed by atoms with van der Waals surface area (Å²) in [4.78, 5) is 17.2. The van der Waals surface area contributed by atoms with Crippen molar-refractivity contribution in [2.75, 3.05) is 0 Å². The topological polar surface area (TPSA) is 147 Å². The number of halogens is 2. The van der Waals surface area contributed by atoms with Crippen molar-refractivity contribution in [3.63, 3.8) is 0 Å². The predicted octanol–water partition coefficient (Wildman–Crippen LogP) is 0.0704. The van der Waals surface area contributed by atoms with Gasteiger partial charge in [0.15, 0.2) is 6.10 Å². The van der Waals surface area contributed by atoms with Crippen LogP contribution in [0.4, 0.5) is 0 Å². The Balaban J connectivity index is 2.29. The molecule has 2 aromatic rings. The second-order valence-corrected chi connectivity index (χ2v) is 5.43. The number of benzene rings is 1. The number of nitrogens with zero attached hydrogens (tertiary/aromatic N) is 1. The van der Waals surface area contributed by atoms with Crippen molar-refractivity contribution < 1.29 is 30.3 Å². The van der Waals surface area contributed by atoms with Gasteiger partial charge >= 0.3 is 5.97 Å². The minimum Gasteiger partial charge on any atom is -0.479 e. The zero-order valence-corrected chi connectivity index (χ0v) is 12.3. The van der Waals surface area contributed by atoms with Crippen LogP contribution >= 0.6 is 23.2 Å². The molecule has 22 heavy (non-hydrogen) atoms. The van der Waals surface area contributed by atoms with Crippen molar-refractivity contribution in [1.29, 1.82) is 0 Å². The Morgan fingerprint density at radius 2 is 1.68 bits per heavy atom. The predicted molar refractivity (Wildman–Crippen MR) is 76.7 cm³/mol. The van der Waals surface area contributed by atoms with E-state index in [-0.39, 0.29) is 15.9 Å². The summed E-state index contributed by atoms with van der Waals surface area (Å²) in [5, 5.41) is 47.5. The molecule has 0 spiro atoms. The molecule has 4 atom stereocenters. The Morgan fingerprint density at radius 3 is 2.27 bits per heavy atom. The summed E-state index contributed by atoms with van der Waals surface area (Å²) in [5.74, 6) is -1.88. The van der Waals surface area contributed by atoms with Crippen LogP contribution in [0, 0.1) is 0 Å². The molecule has 0 fully saturated rings. The van der Waals surface area contributed by atoms with Crippen LogP contribution in [0.5, 0.6) is 0 Å². The van der Waals surface area contributed by atoms with E-state index in [1.807, 2.05) is 0 Å². The highest BCUT2D eigenvalue weighted by Crippen LogP contribution is 2.28. The van der Waals surface area contributed by atoms with Crippen LogP contribution in [-0.2, 0) is 4.79 Å². The zero-order valence-electron chi connectivity index (χ0n) is 10.8. The number of hydrogen-bond donors (Lipinski definition) is 6. The van der Waals surface area contributed by atoms with E-state index < -0.39 is 30.4 Å².